The van der Waals surface area contributed by atoms with E-state index in [-0.39, 0.29) is 0 Å². The lowest BCUT2D eigenvalue weighted by Crippen LogP contribution is -1.96. The Balaban J connectivity index is 3.09. The van der Waals surface area contributed by atoms with Crippen molar-refractivity contribution < 1.29 is 0 Å². The lowest BCUT2D eigenvalue weighted by molar-refractivity contribution is 0.912. The molecule has 1 aromatic carbocycles. The highest BCUT2D eigenvalue weighted by Gasteiger charge is 2.01. The molecule has 1 rings (SSSR count). The van der Waals surface area contributed by atoms with Gasteiger partial charge in [-0.1, -0.05) is 19.4 Å². The first-order valence-electron chi connectivity index (χ1n) is 4.50. The fraction of sp³-hybridized carbons (Fsp3) is 0.455. The number of anilines is 1. The highest BCUT2D eigenvalue weighted by molar-refractivity contribution is 5.52. The molecule has 0 saturated carbocycles. The fourth-order valence-electron chi connectivity index (χ4n) is 1.49. The zero-order chi connectivity index (χ0) is 9.14. The molecule has 66 valence electrons. The standard InChI is InChI=1S/C11H17N/c1-4-5-10-6-8(2)7-11(12)9(10)3/h6-7H,4-5,12H2,1-3H3. The molecule has 0 bridgehead atoms. The molecule has 0 amide bonds. The van der Waals surface area contributed by atoms with Crippen LogP contribution < -0.4 is 5.73 Å². The Morgan fingerprint density at radius 2 is 1.92 bits per heavy atom. The lowest BCUT2D eigenvalue weighted by Gasteiger charge is -2.08. The van der Waals surface area contributed by atoms with Crippen LogP contribution in [0.5, 0.6) is 0 Å². The third-order valence-electron chi connectivity index (χ3n) is 2.22. The Bertz CT molecular complexity index is 277. The molecule has 0 fully saturated rings. The van der Waals surface area contributed by atoms with Gasteiger partial charge in [0.15, 0.2) is 0 Å². The van der Waals surface area contributed by atoms with Crippen molar-refractivity contribution >= 4 is 5.69 Å². The van der Waals surface area contributed by atoms with Gasteiger partial charge in [-0.25, -0.2) is 0 Å². The van der Waals surface area contributed by atoms with Crippen molar-refractivity contribution in [2.24, 2.45) is 0 Å². The summed E-state index contributed by atoms with van der Waals surface area (Å²) in [7, 11) is 0. The summed E-state index contributed by atoms with van der Waals surface area (Å²) in [5, 5.41) is 0. The maximum atomic E-state index is 5.85. The van der Waals surface area contributed by atoms with E-state index in [1.54, 1.807) is 0 Å². The predicted octanol–water partition coefficient (Wildman–Crippen LogP) is 2.84. The summed E-state index contributed by atoms with van der Waals surface area (Å²) in [5.74, 6) is 0. The molecule has 12 heavy (non-hydrogen) atoms. The van der Waals surface area contributed by atoms with Crippen molar-refractivity contribution in [2.75, 3.05) is 5.73 Å². The molecule has 0 aliphatic heterocycles. The molecule has 0 aliphatic carbocycles. The summed E-state index contributed by atoms with van der Waals surface area (Å²) in [6.45, 7) is 6.38. The number of aryl methyl sites for hydroxylation is 2. The van der Waals surface area contributed by atoms with Crippen LogP contribution in [-0.2, 0) is 6.42 Å². The summed E-state index contributed by atoms with van der Waals surface area (Å²) in [6.07, 6.45) is 2.32. The summed E-state index contributed by atoms with van der Waals surface area (Å²) >= 11 is 0. The average molecular weight is 163 g/mol. The van der Waals surface area contributed by atoms with Crippen molar-refractivity contribution in [3.63, 3.8) is 0 Å². The lowest BCUT2D eigenvalue weighted by atomic mass is 10.00. The van der Waals surface area contributed by atoms with Gasteiger partial charge in [-0.3, -0.25) is 0 Å². The van der Waals surface area contributed by atoms with Crippen LogP contribution in [-0.4, -0.2) is 0 Å². The quantitative estimate of drug-likeness (QED) is 0.666. The number of rotatable bonds is 2. The van der Waals surface area contributed by atoms with Gasteiger partial charge in [-0.05, 0) is 43.0 Å². The van der Waals surface area contributed by atoms with Crippen LogP contribution in [0.15, 0.2) is 12.1 Å². The van der Waals surface area contributed by atoms with Crippen LogP contribution in [0.4, 0.5) is 5.69 Å². The van der Waals surface area contributed by atoms with E-state index in [9.17, 15) is 0 Å². The van der Waals surface area contributed by atoms with Crippen molar-refractivity contribution in [3.05, 3.63) is 28.8 Å². The van der Waals surface area contributed by atoms with E-state index in [0.29, 0.717) is 0 Å². The maximum absolute atomic E-state index is 5.85. The van der Waals surface area contributed by atoms with E-state index in [0.717, 1.165) is 12.1 Å². The first-order valence-corrected chi connectivity index (χ1v) is 4.50. The molecule has 2 N–H and O–H groups in total. The Morgan fingerprint density at radius 1 is 1.25 bits per heavy atom. The second-order valence-electron chi connectivity index (χ2n) is 3.39. The molecule has 0 unspecified atom stereocenters. The van der Waals surface area contributed by atoms with E-state index in [4.69, 9.17) is 5.73 Å². The summed E-state index contributed by atoms with van der Waals surface area (Å²) in [4.78, 5) is 0. The number of nitrogen functional groups attached to an aromatic ring is 1. The first-order chi connectivity index (χ1) is 5.65. The minimum atomic E-state index is 0.929. The van der Waals surface area contributed by atoms with Crippen molar-refractivity contribution in [1.82, 2.24) is 0 Å². The summed E-state index contributed by atoms with van der Waals surface area (Å²) in [5.41, 5.74) is 10.7. The molecule has 1 heteroatoms. The van der Waals surface area contributed by atoms with Gasteiger partial charge in [0.2, 0.25) is 0 Å². The summed E-state index contributed by atoms with van der Waals surface area (Å²) in [6, 6.07) is 4.27. The monoisotopic (exact) mass is 163 g/mol. The highest BCUT2D eigenvalue weighted by Crippen LogP contribution is 2.19. The molecule has 0 radical (unpaired) electrons. The van der Waals surface area contributed by atoms with E-state index in [2.05, 4.69) is 26.8 Å². The van der Waals surface area contributed by atoms with Crippen LogP contribution >= 0.6 is 0 Å². The fourth-order valence-corrected chi connectivity index (χ4v) is 1.49. The Hall–Kier alpha value is -0.980. The van der Waals surface area contributed by atoms with Gasteiger partial charge in [-0.2, -0.15) is 0 Å². The van der Waals surface area contributed by atoms with Gasteiger partial charge in [0.05, 0.1) is 0 Å². The molecule has 0 atom stereocenters. The molecule has 0 spiro atoms. The van der Waals surface area contributed by atoms with E-state index >= 15 is 0 Å². The van der Waals surface area contributed by atoms with Crippen LogP contribution in [0.3, 0.4) is 0 Å². The number of hydrogen-bond donors (Lipinski definition) is 1. The van der Waals surface area contributed by atoms with Crippen molar-refractivity contribution in [2.45, 2.75) is 33.6 Å². The zero-order valence-corrected chi connectivity index (χ0v) is 8.15. The van der Waals surface area contributed by atoms with Crippen LogP contribution in [0.1, 0.15) is 30.0 Å². The molecule has 0 aromatic heterocycles. The molecule has 1 aromatic rings. The summed E-state index contributed by atoms with van der Waals surface area (Å²) < 4.78 is 0. The third kappa shape index (κ3) is 1.79. The van der Waals surface area contributed by atoms with Gasteiger partial charge < -0.3 is 5.73 Å². The average Bonchev–Trinajstić information content (AvgIpc) is 2.00. The number of nitrogens with two attached hydrogens (primary N) is 1. The number of benzene rings is 1. The van der Waals surface area contributed by atoms with Gasteiger partial charge in [0.1, 0.15) is 0 Å². The van der Waals surface area contributed by atoms with Crippen molar-refractivity contribution in [1.29, 1.82) is 0 Å². The second kappa shape index (κ2) is 3.61. The highest BCUT2D eigenvalue weighted by atomic mass is 14.6. The Kier molecular flexibility index (Phi) is 2.74. The predicted molar refractivity (Wildman–Crippen MR) is 54.3 cm³/mol. The molecule has 0 heterocycles. The molecular formula is C11H17N. The normalized spacial score (nSPS) is 10.2. The van der Waals surface area contributed by atoms with Gasteiger partial charge >= 0.3 is 0 Å². The van der Waals surface area contributed by atoms with Crippen molar-refractivity contribution in [3.8, 4) is 0 Å². The topological polar surface area (TPSA) is 26.0 Å². The first kappa shape index (κ1) is 9.11. The van der Waals surface area contributed by atoms with E-state index in [1.807, 2.05) is 6.07 Å². The molecular weight excluding hydrogens is 146 g/mol. The number of hydrogen-bond acceptors (Lipinski definition) is 1. The third-order valence-corrected chi connectivity index (χ3v) is 2.22. The van der Waals surface area contributed by atoms with Gasteiger partial charge in [0, 0.05) is 5.69 Å². The maximum Gasteiger partial charge on any atom is 0.0349 e. The van der Waals surface area contributed by atoms with Gasteiger partial charge in [-0.15, -0.1) is 0 Å². The second-order valence-corrected chi connectivity index (χ2v) is 3.39. The van der Waals surface area contributed by atoms with Crippen LogP contribution in [0.25, 0.3) is 0 Å². The van der Waals surface area contributed by atoms with Crippen LogP contribution in [0.2, 0.25) is 0 Å². The molecule has 0 saturated heterocycles. The Morgan fingerprint density at radius 3 is 2.50 bits per heavy atom. The van der Waals surface area contributed by atoms with E-state index < -0.39 is 0 Å². The SMILES string of the molecule is CCCc1cc(C)cc(N)c1C. The zero-order valence-electron chi connectivity index (χ0n) is 8.15. The van der Waals surface area contributed by atoms with Crippen LogP contribution in [0, 0.1) is 13.8 Å². The Labute approximate surface area is 74.6 Å². The minimum absolute atomic E-state index is 0.929. The van der Waals surface area contributed by atoms with Gasteiger partial charge in [0.25, 0.3) is 0 Å². The smallest absolute Gasteiger partial charge is 0.0349 e. The van der Waals surface area contributed by atoms with E-state index in [1.165, 1.54) is 23.1 Å². The molecule has 0 aliphatic rings. The molecule has 1 nitrogen and oxygen atoms in total. The largest absolute Gasteiger partial charge is 0.398 e. The minimum Gasteiger partial charge on any atom is -0.398 e.